The van der Waals surface area contributed by atoms with E-state index in [4.69, 9.17) is 9.47 Å². The Balaban J connectivity index is 2.07. The van der Waals surface area contributed by atoms with Crippen LogP contribution < -0.4 is 4.74 Å². The molecule has 1 aliphatic rings. The van der Waals surface area contributed by atoms with Crippen LogP contribution in [0, 0.1) is 0 Å². The Morgan fingerprint density at radius 3 is 2.80 bits per heavy atom. The number of hydrogen-bond acceptors (Lipinski definition) is 5. The molecule has 0 bridgehead atoms. The number of hydrogen-bond donors (Lipinski definition) is 1. The molecule has 2 atom stereocenters. The van der Waals surface area contributed by atoms with E-state index in [-0.39, 0.29) is 12.2 Å². The number of aromatic nitrogens is 2. The molecular formula is C10H14N2O3. The fourth-order valence-electron chi connectivity index (χ4n) is 1.61. The van der Waals surface area contributed by atoms with Crippen molar-refractivity contribution in [3.05, 3.63) is 18.0 Å². The minimum Gasteiger partial charge on any atom is -0.467 e. The van der Waals surface area contributed by atoms with E-state index in [0.29, 0.717) is 25.5 Å². The maximum Gasteiger partial charge on any atom is 0.316 e. The molecule has 82 valence electrons. The molecule has 1 fully saturated rings. The Hall–Kier alpha value is -1.20. The van der Waals surface area contributed by atoms with Gasteiger partial charge in [-0.3, -0.25) is 0 Å². The predicted octanol–water partition coefficient (Wildman–Crippen LogP) is 0.698. The summed E-state index contributed by atoms with van der Waals surface area (Å²) in [6.07, 6.45) is 4.28. The minimum atomic E-state index is -0.286. The molecule has 5 nitrogen and oxygen atoms in total. The van der Waals surface area contributed by atoms with Gasteiger partial charge in [-0.25, -0.2) is 9.97 Å². The van der Waals surface area contributed by atoms with Gasteiger partial charge in [-0.15, -0.1) is 0 Å². The molecule has 15 heavy (non-hydrogen) atoms. The summed E-state index contributed by atoms with van der Waals surface area (Å²) in [7, 11) is 1.52. The first kappa shape index (κ1) is 10.3. The number of rotatable bonds is 2. The average molecular weight is 210 g/mol. The maximum atomic E-state index is 9.50. The van der Waals surface area contributed by atoms with Crippen molar-refractivity contribution < 1.29 is 14.6 Å². The van der Waals surface area contributed by atoms with Crippen LogP contribution in [-0.2, 0) is 4.74 Å². The van der Waals surface area contributed by atoms with Gasteiger partial charge in [-0.2, -0.15) is 0 Å². The van der Waals surface area contributed by atoms with E-state index in [0.717, 1.165) is 5.56 Å². The van der Waals surface area contributed by atoms with E-state index in [1.54, 1.807) is 12.4 Å². The fourth-order valence-corrected chi connectivity index (χ4v) is 1.61. The standard InChI is InChI=1S/C10H14N2O3/c1-14-10-11-5-7(6-12-10)9-4-8(13)2-3-15-9/h5-6,8-9,13H,2-4H2,1H3. The summed E-state index contributed by atoms with van der Waals surface area (Å²) in [5.74, 6) is 0. The molecule has 2 rings (SSSR count). The number of methoxy groups -OCH3 is 1. The second-order valence-corrected chi connectivity index (χ2v) is 3.54. The van der Waals surface area contributed by atoms with Crippen molar-refractivity contribution >= 4 is 0 Å². The molecular weight excluding hydrogens is 196 g/mol. The molecule has 0 aliphatic carbocycles. The minimum absolute atomic E-state index is 0.0975. The van der Waals surface area contributed by atoms with Gasteiger partial charge in [0, 0.05) is 31.0 Å². The molecule has 1 aromatic heterocycles. The van der Waals surface area contributed by atoms with Crippen LogP contribution in [0.5, 0.6) is 6.01 Å². The predicted molar refractivity (Wildman–Crippen MR) is 52.5 cm³/mol. The highest BCUT2D eigenvalue weighted by Gasteiger charge is 2.22. The zero-order chi connectivity index (χ0) is 10.7. The van der Waals surface area contributed by atoms with E-state index in [9.17, 15) is 5.11 Å². The summed E-state index contributed by atoms with van der Waals surface area (Å²) >= 11 is 0. The van der Waals surface area contributed by atoms with Crippen molar-refractivity contribution in [1.82, 2.24) is 9.97 Å². The van der Waals surface area contributed by atoms with Gasteiger partial charge in [0.2, 0.25) is 0 Å². The second-order valence-electron chi connectivity index (χ2n) is 3.54. The van der Waals surface area contributed by atoms with Crippen molar-refractivity contribution in [2.45, 2.75) is 25.0 Å². The zero-order valence-corrected chi connectivity index (χ0v) is 8.59. The quantitative estimate of drug-likeness (QED) is 0.778. The summed E-state index contributed by atoms with van der Waals surface area (Å²) in [4.78, 5) is 8.00. The van der Waals surface area contributed by atoms with Crippen molar-refractivity contribution in [2.24, 2.45) is 0 Å². The third kappa shape index (κ3) is 2.43. The number of nitrogens with zero attached hydrogens (tertiary/aromatic N) is 2. The second kappa shape index (κ2) is 4.55. The number of aliphatic hydroxyl groups is 1. The molecule has 1 aromatic rings. The van der Waals surface area contributed by atoms with Gasteiger partial charge in [0.15, 0.2) is 0 Å². The van der Waals surface area contributed by atoms with Crippen molar-refractivity contribution in [3.63, 3.8) is 0 Å². The molecule has 0 spiro atoms. The lowest BCUT2D eigenvalue weighted by atomic mass is 10.0. The summed E-state index contributed by atoms with van der Waals surface area (Å²) < 4.78 is 10.4. The van der Waals surface area contributed by atoms with E-state index >= 15 is 0 Å². The Morgan fingerprint density at radius 1 is 1.47 bits per heavy atom. The van der Waals surface area contributed by atoms with Crippen LogP contribution in [0.3, 0.4) is 0 Å². The zero-order valence-electron chi connectivity index (χ0n) is 8.59. The Labute approximate surface area is 88.1 Å². The Morgan fingerprint density at radius 2 is 2.20 bits per heavy atom. The fraction of sp³-hybridized carbons (Fsp3) is 0.600. The van der Waals surface area contributed by atoms with E-state index in [2.05, 4.69) is 9.97 Å². The van der Waals surface area contributed by atoms with Gasteiger partial charge in [-0.1, -0.05) is 0 Å². The maximum absolute atomic E-state index is 9.50. The highest BCUT2D eigenvalue weighted by atomic mass is 16.5. The lowest BCUT2D eigenvalue weighted by Crippen LogP contribution is -2.23. The SMILES string of the molecule is COc1ncc(C2CC(O)CCO2)cn1. The average Bonchev–Trinajstić information content (AvgIpc) is 2.29. The molecule has 2 unspecified atom stereocenters. The summed E-state index contributed by atoms with van der Waals surface area (Å²) in [6.45, 7) is 0.581. The van der Waals surface area contributed by atoms with Gasteiger partial charge in [0.25, 0.3) is 0 Å². The Bertz CT molecular complexity index is 315. The van der Waals surface area contributed by atoms with Gasteiger partial charge >= 0.3 is 6.01 Å². The van der Waals surface area contributed by atoms with E-state index in [1.807, 2.05) is 0 Å². The van der Waals surface area contributed by atoms with Gasteiger partial charge < -0.3 is 14.6 Å². The Kier molecular flexibility index (Phi) is 3.13. The largest absolute Gasteiger partial charge is 0.467 e. The van der Waals surface area contributed by atoms with Crippen LogP contribution in [0.2, 0.25) is 0 Å². The van der Waals surface area contributed by atoms with Crippen molar-refractivity contribution in [2.75, 3.05) is 13.7 Å². The molecule has 1 aliphatic heterocycles. The summed E-state index contributed by atoms with van der Waals surface area (Å²) in [5, 5.41) is 9.50. The van der Waals surface area contributed by atoms with Gasteiger partial charge in [-0.05, 0) is 6.42 Å². The normalized spacial score (nSPS) is 26.3. The van der Waals surface area contributed by atoms with Crippen LogP contribution >= 0.6 is 0 Å². The third-order valence-electron chi connectivity index (χ3n) is 2.46. The molecule has 1 saturated heterocycles. The van der Waals surface area contributed by atoms with Crippen molar-refractivity contribution in [1.29, 1.82) is 0 Å². The van der Waals surface area contributed by atoms with E-state index in [1.165, 1.54) is 7.11 Å². The molecule has 5 heteroatoms. The lowest BCUT2D eigenvalue weighted by Gasteiger charge is -2.26. The lowest BCUT2D eigenvalue weighted by molar-refractivity contribution is -0.0450. The van der Waals surface area contributed by atoms with Crippen LogP contribution in [0.1, 0.15) is 24.5 Å². The van der Waals surface area contributed by atoms with Crippen LogP contribution in [0.15, 0.2) is 12.4 Å². The molecule has 0 radical (unpaired) electrons. The van der Waals surface area contributed by atoms with Crippen LogP contribution in [0.25, 0.3) is 0 Å². The summed E-state index contributed by atoms with van der Waals surface area (Å²) in [5.41, 5.74) is 0.884. The number of aliphatic hydroxyl groups excluding tert-OH is 1. The molecule has 0 aromatic carbocycles. The molecule has 0 amide bonds. The van der Waals surface area contributed by atoms with Crippen LogP contribution in [-0.4, -0.2) is 34.9 Å². The topological polar surface area (TPSA) is 64.5 Å². The molecule has 0 saturated carbocycles. The molecule has 1 N–H and O–H groups in total. The van der Waals surface area contributed by atoms with Gasteiger partial charge in [0.05, 0.1) is 19.3 Å². The summed E-state index contributed by atoms with van der Waals surface area (Å²) in [6, 6.07) is 0.343. The van der Waals surface area contributed by atoms with Crippen LogP contribution in [0.4, 0.5) is 0 Å². The van der Waals surface area contributed by atoms with Gasteiger partial charge in [0.1, 0.15) is 0 Å². The van der Waals surface area contributed by atoms with Crippen molar-refractivity contribution in [3.8, 4) is 6.01 Å². The smallest absolute Gasteiger partial charge is 0.316 e. The molecule has 2 heterocycles. The first-order valence-electron chi connectivity index (χ1n) is 4.95. The first-order chi connectivity index (χ1) is 7.29. The third-order valence-corrected chi connectivity index (χ3v) is 2.46. The highest BCUT2D eigenvalue weighted by molar-refractivity contribution is 5.11. The highest BCUT2D eigenvalue weighted by Crippen LogP contribution is 2.27. The van der Waals surface area contributed by atoms with E-state index < -0.39 is 0 Å². The number of ether oxygens (including phenoxy) is 2. The monoisotopic (exact) mass is 210 g/mol. The first-order valence-corrected chi connectivity index (χ1v) is 4.95.